The SMILES string of the molecule is CN1CCN(c2ccc(NC(=S)NC(=O)/C=C/c3ccc(Cl)cc3Cl)cc2Cl)CC1. The van der Waals surface area contributed by atoms with E-state index in [2.05, 4.69) is 27.5 Å². The molecule has 1 aliphatic rings. The van der Waals surface area contributed by atoms with Gasteiger partial charge in [0.05, 0.1) is 10.7 Å². The van der Waals surface area contributed by atoms with Gasteiger partial charge in [-0.2, -0.15) is 0 Å². The Bertz CT molecular complexity index is 975. The minimum Gasteiger partial charge on any atom is -0.368 e. The second-order valence-corrected chi connectivity index (χ2v) is 8.56. The molecule has 158 valence electrons. The normalized spacial score (nSPS) is 14.7. The summed E-state index contributed by atoms with van der Waals surface area (Å²) in [5.74, 6) is -0.376. The molecule has 5 nitrogen and oxygen atoms in total. The average molecular weight is 484 g/mol. The summed E-state index contributed by atoms with van der Waals surface area (Å²) in [4.78, 5) is 16.7. The van der Waals surface area contributed by atoms with Crippen molar-refractivity contribution in [3.05, 3.63) is 63.1 Å². The second-order valence-electron chi connectivity index (χ2n) is 6.90. The first-order valence-electron chi connectivity index (χ1n) is 9.30. The minimum atomic E-state index is -0.376. The number of benzene rings is 2. The number of likely N-dealkylation sites (N-methyl/N-ethyl adjacent to an activating group) is 1. The largest absolute Gasteiger partial charge is 0.368 e. The van der Waals surface area contributed by atoms with Crippen LogP contribution in [0.4, 0.5) is 11.4 Å². The molecule has 0 aliphatic carbocycles. The Morgan fingerprint density at radius 3 is 2.43 bits per heavy atom. The van der Waals surface area contributed by atoms with Crippen molar-refractivity contribution in [2.75, 3.05) is 43.4 Å². The van der Waals surface area contributed by atoms with E-state index in [0.29, 0.717) is 26.3 Å². The third-order valence-corrected chi connectivity index (χ3v) is 5.73. The minimum absolute atomic E-state index is 0.176. The van der Waals surface area contributed by atoms with Crippen molar-refractivity contribution in [3.63, 3.8) is 0 Å². The van der Waals surface area contributed by atoms with E-state index >= 15 is 0 Å². The lowest BCUT2D eigenvalue weighted by atomic mass is 10.2. The number of carbonyl (C=O) groups is 1. The Morgan fingerprint density at radius 2 is 1.77 bits per heavy atom. The van der Waals surface area contributed by atoms with Crippen LogP contribution in [0.2, 0.25) is 15.1 Å². The van der Waals surface area contributed by atoms with Gasteiger partial charge in [0.2, 0.25) is 5.91 Å². The van der Waals surface area contributed by atoms with E-state index in [4.69, 9.17) is 47.0 Å². The summed E-state index contributed by atoms with van der Waals surface area (Å²) in [6.45, 7) is 3.87. The molecule has 0 radical (unpaired) electrons. The Balaban J connectivity index is 1.56. The van der Waals surface area contributed by atoms with Gasteiger partial charge in [-0.3, -0.25) is 10.1 Å². The van der Waals surface area contributed by atoms with Gasteiger partial charge in [0.25, 0.3) is 0 Å². The molecule has 0 aromatic heterocycles. The molecule has 0 bridgehead atoms. The molecule has 0 atom stereocenters. The number of halogens is 3. The van der Waals surface area contributed by atoms with Crippen molar-refractivity contribution < 1.29 is 4.79 Å². The number of anilines is 2. The van der Waals surface area contributed by atoms with Gasteiger partial charge in [0.15, 0.2) is 5.11 Å². The predicted octanol–water partition coefficient (Wildman–Crippen LogP) is 4.93. The first-order valence-corrected chi connectivity index (χ1v) is 10.8. The molecular formula is C21H21Cl3N4OS. The zero-order chi connectivity index (χ0) is 21.7. The highest BCUT2D eigenvalue weighted by atomic mass is 35.5. The molecule has 9 heteroatoms. The van der Waals surface area contributed by atoms with Crippen molar-refractivity contribution in [2.45, 2.75) is 0 Å². The van der Waals surface area contributed by atoms with Crippen LogP contribution in [0, 0.1) is 0 Å². The molecule has 1 fully saturated rings. The van der Waals surface area contributed by atoms with E-state index in [1.165, 1.54) is 6.08 Å². The number of nitrogens with zero attached hydrogens (tertiary/aromatic N) is 2. The maximum atomic E-state index is 12.1. The first kappa shape index (κ1) is 22.8. The number of hydrogen-bond donors (Lipinski definition) is 2. The number of hydrogen-bond acceptors (Lipinski definition) is 4. The van der Waals surface area contributed by atoms with Crippen LogP contribution in [0.25, 0.3) is 6.08 Å². The van der Waals surface area contributed by atoms with Crippen LogP contribution in [0.3, 0.4) is 0 Å². The summed E-state index contributed by atoms with van der Waals surface area (Å²) in [7, 11) is 2.11. The van der Waals surface area contributed by atoms with Crippen LogP contribution in [0.5, 0.6) is 0 Å². The maximum Gasteiger partial charge on any atom is 0.250 e. The molecule has 1 aliphatic heterocycles. The molecular weight excluding hydrogens is 463 g/mol. The van der Waals surface area contributed by atoms with Crippen LogP contribution in [-0.2, 0) is 4.79 Å². The molecule has 1 amide bonds. The third-order valence-electron chi connectivity index (χ3n) is 4.66. The highest BCUT2D eigenvalue weighted by molar-refractivity contribution is 7.80. The van der Waals surface area contributed by atoms with Gasteiger partial charge >= 0.3 is 0 Å². The average Bonchev–Trinajstić information content (AvgIpc) is 2.68. The quantitative estimate of drug-likeness (QED) is 0.477. The Morgan fingerprint density at radius 1 is 1.03 bits per heavy atom. The maximum absolute atomic E-state index is 12.1. The Kier molecular flexibility index (Phi) is 7.97. The summed E-state index contributed by atoms with van der Waals surface area (Å²) in [5.41, 5.74) is 2.38. The highest BCUT2D eigenvalue weighted by Gasteiger charge is 2.17. The Hall–Kier alpha value is -1.83. The van der Waals surface area contributed by atoms with Gasteiger partial charge in [-0.25, -0.2) is 0 Å². The number of nitrogens with one attached hydrogen (secondary N) is 2. The fourth-order valence-corrected chi connectivity index (χ4v) is 4.00. The van der Waals surface area contributed by atoms with E-state index in [1.807, 2.05) is 12.1 Å². The van der Waals surface area contributed by atoms with Gasteiger partial charge in [0.1, 0.15) is 0 Å². The van der Waals surface area contributed by atoms with E-state index in [-0.39, 0.29) is 11.0 Å². The molecule has 0 saturated carbocycles. The number of piperazine rings is 1. The Labute approximate surface area is 196 Å². The molecule has 2 aromatic rings. The number of rotatable bonds is 4. The zero-order valence-electron chi connectivity index (χ0n) is 16.3. The van der Waals surface area contributed by atoms with Gasteiger partial charge in [0, 0.05) is 48.0 Å². The molecule has 0 unspecified atom stereocenters. The topological polar surface area (TPSA) is 47.6 Å². The fourth-order valence-electron chi connectivity index (χ4n) is 3.01. The van der Waals surface area contributed by atoms with Gasteiger partial charge in [-0.15, -0.1) is 0 Å². The monoisotopic (exact) mass is 482 g/mol. The van der Waals surface area contributed by atoms with Crippen LogP contribution in [-0.4, -0.2) is 49.1 Å². The standard InChI is InChI=1S/C21H21Cl3N4OS/c1-27-8-10-28(11-9-27)19-6-5-16(13-18(19)24)25-21(30)26-20(29)7-3-14-2-4-15(22)12-17(14)23/h2-7,12-13H,8-11H2,1H3,(H2,25,26,29,30)/b7-3+. The number of carbonyl (C=O) groups excluding carboxylic acids is 1. The van der Waals surface area contributed by atoms with Crippen LogP contribution in [0.15, 0.2) is 42.5 Å². The summed E-state index contributed by atoms with van der Waals surface area (Å²) in [5, 5.41) is 7.38. The van der Waals surface area contributed by atoms with Crippen molar-refractivity contribution in [1.29, 1.82) is 0 Å². The van der Waals surface area contributed by atoms with Crippen LogP contribution >= 0.6 is 47.0 Å². The number of amides is 1. The van der Waals surface area contributed by atoms with E-state index in [0.717, 1.165) is 31.9 Å². The third kappa shape index (κ3) is 6.33. The van der Waals surface area contributed by atoms with Crippen molar-refractivity contribution in [1.82, 2.24) is 10.2 Å². The van der Waals surface area contributed by atoms with Gasteiger partial charge < -0.3 is 15.1 Å². The molecule has 2 N–H and O–H groups in total. The second kappa shape index (κ2) is 10.5. The molecule has 0 spiro atoms. The summed E-state index contributed by atoms with van der Waals surface area (Å²) in [6.07, 6.45) is 2.95. The van der Waals surface area contributed by atoms with E-state index in [9.17, 15) is 4.79 Å². The molecule has 2 aromatic carbocycles. The zero-order valence-corrected chi connectivity index (χ0v) is 19.4. The number of thiocarbonyl (C=S) groups is 1. The fraction of sp³-hybridized carbons (Fsp3) is 0.238. The van der Waals surface area contributed by atoms with Crippen molar-refractivity contribution in [2.24, 2.45) is 0 Å². The van der Waals surface area contributed by atoms with E-state index in [1.54, 1.807) is 30.3 Å². The lowest BCUT2D eigenvalue weighted by Crippen LogP contribution is -2.44. The first-order chi connectivity index (χ1) is 14.3. The van der Waals surface area contributed by atoms with Crippen molar-refractivity contribution >= 4 is 75.5 Å². The lowest BCUT2D eigenvalue weighted by Gasteiger charge is -2.34. The van der Waals surface area contributed by atoms with Crippen molar-refractivity contribution in [3.8, 4) is 0 Å². The predicted molar refractivity (Wildman–Crippen MR) is 131 cm³/mol. The molecule has 1 saturated heterocycles. The molecule has 30 heavy (non-hydrogen) atoms. The van der Waals surface area contributed by atoms with Gasteiger partial charge in [-0.05, 0) is 61.2 Å². The molecule has 1 heterocycles. The smallest absolute Gasteiger partial charge is 0.250 e. The van der Waals surface area contributed by atoms with Crippen LogP contribution < -0.4 is 15.5 Å². The molecule has 3 rings (SSSR count). The van der Waals surface area contributed by atoms with Crippen LogP contribution in [0.1, 0.15) is 5.56 Å². The highest BCUT2D eigenvalue weighted by Crippen LogP contribution is 2.29. The van der Waals surface area contributed by atoms with E-state index < -0.39 is 0 Å². The summed E-state index contributed by atoms with van der Waals surface area (Å²) in [6, 6.07) is 10.7. The van der Waals surface area contributed by atoms with Gasteiger partial charge in [-0.1, -0.05) is 40.9 Å². The summed E-state index contributed by atoms with van der Waals surface area (Å²) < 4.78 is 0. The lowest BCUT2D eigenvalue weighted by molar-refractivity contribution is -0.115. The summed E-state index contributed by atoms with van der Waals surface area (Å²) >= 11 is 23.7.